The summed E-state index contributed by atoms with van der Waals surface area (Å²) in [6.07, 6.45) is 0.299. The highest BCUT2D eigenvalue weighted by atomic mass is 127. The van der Waals surface area contributed by atoms with Crippen molar-refractivity contribution in [2.24, 2.45) is 0 Å². The molecule has 0 saturated carbocycles. The summed E-state index contributed by atoms with van der Waals surface area (Å²) in [4.78, 5) is 0. The molecule has 0 aromatic heterocycles. The van der Waals surface area contributed by atoms with Gasteiger partial charge in [0, 0.05) is 9.99 Å². The molecule has 0 unspecified atom stereocenters. The summed E-state index contributed by atoms with van der Waals surface area (Å²) in [5.41, 5.74) is 0.713. The Kier molecular flexibility index (Phi) is 3.23. The van der Waals surface area contributed by atoms with Crippen LogP contribution in [0.15, 0.2) is 18.2 Å². The average molecular weight is 268 g/mol. The summed E-state index contributed by atoms with van der Waals surface area (Å²) in [6, 6.07) is 4.77. The van der Waals surface area contributed by atoms with E-state index in [4.69, 9.17) is 0 Å². The molecule has 0 nitrogen and oxygen atoms in total. The largest absolute Gasteiger partial charge is 0.251 e. The smallest absolute Gasteiger partial charge is 0.136 e. The maximum atomic E-state index is 12.8. The topological polar surface area (TPSA) is 0 Å². The third-order valence-electron chi connectivity index (χ3n) is 1.37. The van der Waals surface area contributed by atoms with E-state index < -0.39 is 6.67 Å². The molecule has 3 heteroatoms. The lowest BCUT2D eigenvalue weighted by Gasteiger charge is -1.98. The minimum atomic E-state index is -0.431. The van der Waals surface area contributed by atoms with Crippen LogP contribution < -0.4 is 0 Å². The Morgan fingerprint density at radius 2 is 2.09 bits per heavy atom. The molecule has 0 aliphatic rings. The van der Waals surface area contributed by atoms with Crippen LogP contribution in [0, 0.1) is 9.39 Å². The fraction of sp³-hybridized carbons (Fsp3) is 0.250. The molecular weight excluding hydrogens is 261 g/mol. The molecule has 1 rings (SSSR count). The third kappa shape index (κ3) is 2.39. The van der Waals surface area contributed by atoms with Gasteiger partial charge in [0.05, 0.1) is 6.67 Å². The number of hydrogen-bond acceptors (Lipinski definition) is 0. The summed E-state index contributed by atoms with van der Waals surface area (Å²) >= 11 is 1.90. The fourth-order valence-electron chi connectivity index (χ4n) is 0.804. The summed E-state index contributed by atoms with van der Waals surface area (Å²) in [7, 11) is 0. The van der Waals surface area contributed by atoms with Crippen LogP contribution in [0.4, 0.5) is 8.78 Å². The lowest BCUT2D eigenvalue weighted by molar-refractivity contribution is 0.494. The molecular formula is C8H7F2I. The Hall–Kier alpha value is -0.190. The first-order valence-electron chi connectivity index (χ1n) is 3.24. The van der Waals surface area contributed by atoms with Crippen molar-refractivity contribution in [1.29, 1.82) is 0 Å². The number of rotatable bonds is 2. The number of alkyl halides is 1. The van der Waals surface area contributed by atoms with E-state index in [1.165, 1.54) is 6.07 Å². The minimum absolute atomic E-state index is 0.267. The van der Waals surface area contributed by atoms with Crippen molar-refractivity contribution < 1.29 is 8.78 Å². The van der Waals surface area contributed by atoms with Crippen molar-refractivity contribution in [3.8, 4) is 0 Å². The van der Waals surface area contributed by atoms with Crippen molar-refractivity contribution in [3.63, 3.8) is 0 Å². The van der Waals surface area contributed by atoms with E-state index in [-0.39, 0.29) is 5.82 Å². The van der Waals surface area contributed by atoms with E-state index in [2.05, 4.69) is 0 Å². The maximum Gasteiger partial charge on any atom is 0.136 e. The van der Waals surface area contributed by atoms with Gasteiger partial charge in [-0.15, -0.1) is 0 Å². The van der Waals surface area contributed by atoms with Gasteiger partial charge >= 0.3 is 0 Å². The van der Waals surface area contributed by atoms with Crippen molar-refractivity contribution in [2.45, 2.75) is 6.42 Å². The van der Waals surface area contributed by atoms with E-state index in [9.17, 15) is 8.78 Å². The van der Waals surface area contributed by atoms with E-state index in [1.807, 2.05) is 22.6 Å². The Balaban J connectivity index is 2.86. The second-order valence-corrected chi connectivity index (χ2v) is 3.35. The first-order chi connectivity index (χ1) is 5.24. The van der Waals surface area contributed by atoms with Gasteiger partial charge in [0.15, 0.2) is 0 Å². The van der Waals surface area contributed by atoms with Gasteiger partial charge in [0.2, 0.25) is 0 Å². The average Bonchev–Trinajstić information content (AvgIpc) is 1.98. The molecule has 0 saturated heterocycles. The molecule has 0 heterocycles. The van der Waals surface area contributed by atoms with Gasteiger partial charge in [-0.2, -0.15) is 0 Å². The van der Waals surface area contributed by atoms with Crippen LogP contribution in [0.3, 0.4) is 0 Å². The lowest BCUT2D eigenvalue weighted by Crippen LogP contribution is -1.89. The van der Waals surface area contributed by atoms with Crippen molar-refractivity contribution in [3.05, 3.63) is 33.1 Å². The molecule has 0 aliphatic carbocycles. The van der Waals surface area contributed by atoms with Crippen LogP contribution in [0.5, 0.6) is 0 Å². The Morgan fingerprint density at radius 1 is 1.36 bits per heavy atom. The molecule has 0 fully saturated rings. The van der Waals surface area contributed by atoms with Gasteiger partial charge in [-0.05, 0) is 40.3 Å². The number of benzene rings is 1. The number of halogens is 3. The Labute approximate surface area is 77.8 Å². The quantitative estimate of drug-likeness (QED) is 0.723. The SMILES string of the molecule is FCCc1ccc(I)c(F)c1. The number of aryl methyl sites for hydroxylation is 1. The van der Waals surface area contributed by atoms with Gasteiger partial charge in [0.25, 0.3) is 0 Å². The first kappa shape index (κ1) is 8.90. The maximum absolute atomic E-state index is 12.8. The normalized spacial score (nSPS) is 10.1. The van der Waals surface area contributed by atoms with Crippen LogP contribution in [-0.2, 0) is 6.42 Å². The molecule has 0 bridgehead atoms. The van der Waals surface area contributed by atoms with Crippen molar-refractivity contribution in [1.82, 2.24) is 0 Å². The van der Waals surface area contributed by atoms with Crippen LogP contribution in [0.2, 0.25) is 0 Å². The molecule has 0 radical (unpaired) electrons. The molecule has 0 spiro atoms. The van der Waals surface area contributed by atoms with Gasteiger partial charge < -0.3 is 0 Å². The highest BCUT2D eigenvalue weighted by Crippen LogP contribution is 2.12. The fourth-order valence-corrected chi connectivity index (χ4v) is 1.14. The molecule has 0 amide bonds. The van der Waals surface area contributed by atoms with Gasteiger partial charge in [0.1, 0.15) is 5.82 Å². The first-order valence-corrected chi connectivity index (χ1v) is 4.32. The predicted octanol–water partition coefficient (Wildman–Crippen LogP) is 2.94. The standard InChI is InChI=1S/C8H7F2I/c9-4-3-6-1-2-8(11)7(10)5-6/h1-2,5H,3-4H2. The van der Waals surface area contributed by atoms with Gasteiger partial charge in [-0.3, -0.25) is 4.39 Å². The zero-order valence-corrected chi connectivity index (χ0v) is 7.94. The summed E-state index contributed by atoms with van der Waals surface area (Å²) in [5, 5.41) is 0. The van der Waals surface area contributed by atoms with Crippen molar-refractivity contribution in [2.75, 3.05) is 6.67 Å². The Bertz CT molecular complexity index is 248. The van der Waals surface area contributed by atoms with E-state index in [0.29, 0.717) is 15.6 Å². The van der Waals surface area contributed by atoms with E-state index in [1.54, 1.807) is 12.1 Å². The van der Waals surface area contributed by atoms with E-state index >= 15 is 0 Å². The highest BCUT2D eigenvalue weighted by Gasteiger charge is 1.99. The van der Waals surface area contributed by atoms with Gasteiger partial charge in [-0.25, -0.2) is 4.39 Å². The van der Waals surface area contributed by atoms with Gasteiger partial charge in [-0.1, -0.05) is 6.07 Å². The molecule has 1 aromatic carbocycles. The molecule has 0 N–H and O–H groups in total. The zero-order valence-electron chi connectivity index (χ0n) is 5.78. The molecule has 0 aliphatic heterocycles. The zero-order chi connectivity index (χ0) is 8.27. The monoisotopic (exact) mass is 268 g/mol. The molecule has 60 valence electrons. The molecule has 1 aromatic rings. The predicted molar refractivity (Wildman–Crippen MR) is 48.8 cm³/mol. The lowest BCUT2D eigenvalue weighted by atomic mass is 10.2. The number of hydrogen-bond donors (Lipinski definition) is 0. The summed E-state index contributed by atoms with van der Waals surface area (Å²) < 4.78 is 25.1. The second kappa shape index (κ2) is 3.99. The van der Waals surface area contributed by atoms with Crippen LogP contribution in [0.25, 0.3) is 0 Å². The van der Waals surface area contributed by atoms with E-state index in [0.717, 1.165) is 0 Å². The molecule has 0 atom stereocenters. The van der Waals surface area contributed by atoms with Crippen LogP contribution in [0.1, 0.15) is 5.56 Å². The third-order valence-corrected chi connectivity index (χ3v) is 2.24. The highest BCUT2D eigenvalue weighted by molar-refractivity contribution is 14.1. The van der Waals surface area contributed by atoms with Crippen molar-refractivity contribution >= 4 is 22.6 Å². The van der Waals surface area contributed by atoms with Crippen LogP contribution >= 0.6 is 22.6 Å². The second-order valence-electron chi connectivity index (χ2n) is 2.19. The summed E-state index contributed by atoms with van der Waals surface area (Å²) in [5.74, 6) is -0.267. The molecule has 11 heavy (non-hydrogen) atoms. The van der Waals surface area contributed by atoms with Crippen LogP contribution in [-0.4, -0.2) is 6.67 Å². The Morgan fingerprint density at radius 3 is 2.64 bits per heavy atom. The summed E-state index contributed by atoms with van der Waals surface area (Å²) in [6.45, 7) is -0.431. The minimum Gasteiger partial charge on any atom is -0.251 e.